The van der Waals surface area contributed by atoms with Crippen LogP contribution in [0.4, 0.5) is 0 Å². The van der Waals surface area contributed by atoms with Crippen molar-refractivity contribution in [1.29, 1.82) is 0 Å². The van der Waals surface area contributed by atoms with Gasteiger partial charge < -0.3 is 4.74 Å². The van der Waals surface area contributed by atoms with Gasteiger partial charge in [0.2, 0.25) is 0 Å². The molecule has 0 N–H and O–H groups in total. The van der Waals surface area contributed by atoms with E-state index >= 15 is 0 Å². The molecule has 0 amide bonds. The Labute approximate surface area is 55.8 Å². The molecule has 1 heterocycles. The quantitative estimate of drug-likeness (QED) is 0.489. The van der Waals surface area contributed by atoms with Crippen LogP contribution in [-0.4, -0.2) is 18.5 Å². The van der Waals surface area contributed by atoms with Gasteiger partial charge in [-0.3, -0.25) is 0 Å². The molecule has 1 atom stereocenters. The van der Waals surface area contributed by atoms with Crippen LogP contribution in [0.2, 0.25) is 0 Å². The van der Waals surface area contributed by atoms with Crippen LogP contribution in [0.25, 0.3) is 0 Å². The van der Waals surface area contributed by atoms with Crippen molar-refractivity contribution in [2.24, 2.45) is 5.41 Å². The molecule has 0 aliphatic carbocycles. The zero-order valence-electron chi connectivity index (χ0n) is 5.35. The molecule has 0 aromatic carbocycles. The summed E-state index contributed by atoms with van der Waals surface area (Å²) in [6.45, 7) is 6.03. The molecule has 0 bridgehead atoms. The van der Waals surface area contributed by atoms with E-state index in [1.165, 1.54) is 0 Å². The zero-order chi connectivity index (χ0) is 6.20. The van der Waals surface area contributed by atoms with E-state index in [1.54, 1.807) is 0 Å². The fourth-order valence-electron chi connectivity index (χ4n) is 0.755. The maximum Gasteiger partial charge on any atom is 0.0588 e. The van der Waals surface area contributed by atoms with E-state index in [9.17, 15) is 0 Å². The van der Waals surface area contributed by atoms with Gasteiger partial charge >= 0.3 is 0 Å². The highest BCUT2D eigenvalue weighted by Crippen LogP contribution is 2.30. The van der Waals surface area contributed by atoms with Crippen LogP contribution in [0.1, 0.15) is 13.8 Å². The van der Waals surface area contributed by atoms with Crippen LogP contribution >= 0.6 is 12.6 Å². The molecule has 1 saturated heterocycles. The Hall–Kier alpha value is 0.310. The molecular formula is C6H12OS. The molecule has 0 spiro atoms. The third kappa shape index (κ3) is 1.00. The maximum atomic E-state index is 5.20. The second kappa shape index (κ2) is 1.92. The predicted octanol–water partition coefficient (Wildman–Crippen LogP) is 1.34. The van der Waals surface area contributed by atoms with E-state index in [-0.39, 0.29) is 0 Å². The summed E-state index contributed by atoms with van der Waals surface area (Å²) in [6.07, 6.45) is 0. The number of hydrogen-bond donors (Lipinski definition) is 1. The Morgan fingerprint density at radius 3 is 2.38 bits per heavy atom. The molecule has 8 heavy (non-hydrogen) atoms. The highest BCUT2D eigenvalue weighted by Gasteiger charge is 2.32. The van der Waals surface area contributed by atoms with Crippen molar-refractivity contribution in [3.05, 3.63) is 0 Å². The minimum atomic E-state index is 0.295. The summed E-state index contributed by atoms with van der Waals surface area (Å²) in [5.74, 6) is 0. The van der Waals surface area contributed by atoms with Crippen molar-refractivity contribution in [3.8, 4) is 0 Å². The lowest BCUT2D eigenvalue weighted by Gasteiger charge is -2.18. The van der Waals surface area contributed by atoms with Crippen molar-refractivity contribution in [3.63, 3.8) is 0 Å². The smallest absolute Gasteiger partial charge is 0.0588 e. The summed E-state index contributed by atoms with van der Waals surface area (Å²) in [7, 11) is 0. The summed E-state index contributed by atoms with van der Waals surface area (Å²) in [4.78, 5) is 0. The van der Waals surface area contributed by atoms with Gasteiger partial charge in [0.15, 0.2) is 0 Å². The van der Waals surface area contributed by atoms with Gasteiger partial charge in [0.05, 0.1) is 13.2 Å². The molecule has 0 radical (unpaired) electrons. The van der Waals surface area contributed by atoms with E-state index in [4.69, 9.17) is 4.74 Å². The second-order valence-corrected chi connectivity index (χ2v) is 3.64. The van der Waals surface area contributed by atoms with E-state index in [2.05, 4.69) is 26.5 Å². The predicted molar refractivity (Wildman–Crippen MR) is 37.4 cm³/mol. The first-order valence-corrected chi connectivity index (χ1v) is 3.40. The number of thiol groups is 1. The van der Waals surface area contributed by atoms with Gasteiger partial charge in [0.1, 0.15) is 0 Å². The molecule has 1 aliphatic rings. The van der Waals surface area contributed by atoms with Crippen LogP contribution < -0.4 is 0 Å². The van der Waals surface area contributed by atoms with Gasteiger partial charge in [-0.1, -0.05) is 13.8 Å². The Kier molecular flexibility index (Phi) is 1.54. The summed E-state index contributed by atoms with van der Waals surface area (Å²) in [5, 5.41) is 0.433. The first kappa shape index (κ1) is 6.43. The first-order chi connectivity index (χ1) is 3.63. The van der Waals surface area contributed by atoms with Gasteiger partial charge in [-0.2, -0.15) is 12.6 Å². The topological polar surface area (TPSA) is 9.23 Å². The van der Waals surface area contributed by atoms with Crippen LogP contribution in [0, 0.1) is 5.41 Å². The van der Waals surface area contributed by atoms with Gasteiger partial charge in [-0.25, -0.2) is 0 Å². The zero-order valence-corrected chi connectivity index (χ0v) is 6.24. The van der Waals surface area contributed by atoms with Gasteiger partial charge in [-0.15, -0.1) is 0 Å². The standard InChI is InChI=1S/C6H12OS/c1-6(2)4-7-3-5(6)8/h5,8H,3-4H2,1-2H3. The molecule has 0 saturated carbocycles. The van der Waals surface area contributed by atoms with Crippen LogP contribution in [-0.2, 0) is 4.74 Å². The molecule has 0 aromatic heterocycles. The molecule has 0 aromatic rings. The fraction of sp³-hybridized carbons (Fsp3) is 1.00. The number of ether oxygens (including phenoxy) is 1. The average Bonchev–Trinajstić information content (AvgIpc) is 1.86. The first-order valence-electron chi connectivity index (χ1n) is 2.89. The molecular weight excluding hydrogens is 120 g/mol. The largest absolute Gasteiger partial charge is 0.380 e. The summed E-state index contributed by atoms with van der Waals surface area (Å²) in [5.41, 5.74) is 0.295. The van der Waals surface area contributed by atoms with Crippen LogP contribution in [0.5, 0.6) is 0 Å². The third-order valence-electron chi connectivity index (χ3n) is 1.65. The van der Waals surface area contributed by atoms with Gasteiger partial charge in [0.25, 0.3) is 0 Å². The van der Waals surface area contributed by atoms with Crippen LogP contribution in [0.15, 0.2) is 0 Å². The lowest BCUT2D eigenvalue weighted by Crippen LogP contribution is -2.21. The van der Waals surface area contributed by atoms with Crippen molar-refractivity contribution in [2.75, 3.05) is 13.2 Å². The Bertz CT molecular complexity index is 90.5. The highest BCUT2D eigenvalue weighted by molar-refractivity contribution is 7.81. The Morgan fingerprint density at radius 1 is 1.62 bits per heavy atom. The van der Waals surface area contributed by atoms with E-state index in [0.717, 1.165) is 13.2 Å². The Morgan fingerprint density at radius 2 is 2.25 bits per heavy atom. The minimum absolute atomic E-state index is 0.295. The summed E-state index contributed by atoms with van der Waals surface area (Å²) < 4.78 is 5.20. The molecule has 1 fully saturated rings. The van der Waals surface area contributed by atoms with Gasteiger partial charge in [-0.05, 0) is 0 Å². The molecule has 1 unspecified atom stereocenters. The summed E-state index contributed by atoms with van der Waals surface area (Å²) in [6, 6.07) is 0. The van der Waals surface area contributed by atoms with Crippen LogP contribution in [0.3, 0.4) is 0 Å². The minimum Gasteiger partial charge on any atom is -0.380 e. The number of hydrogen-bond acceptors (Lipinski definition) is 2. The Balaban J connectivity index is 2.54. The second-order valence-electron chi connectivity index (χ2n) is 3.02. The molecule has 1 rings (SSSR count). The molecule has 1 aliphatic heterocycles. The highest BCUT2D eigenvalue weighted by atomic mass is 32.1. The molecule has 2 heteroatoms. The lowest BCUT2D eigenvalue weighted by molar-refractivity contribution is 0.167. The summed E-state index contributed by atoms with van der Waals surface area (Å²) >= 11 is 4.35. The van der Waals surface area contributed by atoms with E-state index < -0.39 is 0 Å². The SMILES string of the molecule is CC1(C)COCC1S. The van der Waals surface area contributed by atoms with Crippen molar-refractivity contribution in [2.45, 2.75) is 19.1 Å². The molecule has 1 nitrogen and oxygen atoms in total. The van der Waals surface area contributed by atoms with E-state index in [1.807, 2.05) is 0 Å². The lowest BCUT2D eigenvalue weighted by atomic mass is 9.93. The fourth-order valence-corrected chi connectivity index (χ4v) is 0.935. The normalized spacial score (nSPS) is 35.6. The monoisotopic (exact) mass is 132 g/mol. The average molecular weight is 132 g/mol. The van der Waals surface area contributed by atoms with Crippen molar-refractivity contribution in [1.82, 2.24) is 0 Å². The van der Waals surface area contributed by atoms with E-state index in [0.29, 0.717) is 10.7 Å². The number of rotatable bonds is 0. The van der Waals surface area contributed by atoms with Crippen molar-refractivity contribution < 1.29 is 4.74 Å². The third-order valence-corrected chi connectivity index (χ3v) is 2.50. The van der Waals surface area contributed by atoms with Gasteiger partial charge in [0, 0.05) is 10.7 Å². The maximum absolute atomic E-state index is 5.20. The van der Waals surface area contributed by atoms with Crippen molar-refractivity contribution >= 4 is 12.6 Å². The molecule has 48 valence electrons.